The van der Waals surface area contributed by atoms with E-state index in [1.54, 1.807) is 0 Å². The van der Waals surface area contributed by atoms with Gasteiger partial charge in [0.05, 0.1) is 10.7 Å². The van der Waals surface area contributed by atoms with Crippen molar-refractivity contribution < 1.29 is 9.59 Å². The molecule has 0 aliphatic carbocycles. The second-order valence-electron chi connectivity index (χ2n) is 2.00. The van der Waals surface area contributed by atoms with Gasteiger partial charge in [-0.1, -0.05) is 31.9 Å². The molecule has 0 heterocycles. The van der Waals surface area contributed by atoms with Crippen LogP contribution in [0.1, 0.15) is 0 Å². The first-order chi connectivity index (χ1) is 5.67. The Bertz CT molecular complexity index is 159. The van der Waals surface area contributed by atoms with Crippen molar-refractivity contribution in [2.45, 2.75) is 0 Å². The minimum atomic E-state index is -0.259. The van der Waals surface area contributed by atoms with Gasteiger partial charge in [-0.3, -0.25) is 14.5 Å². The Hall–Kier alpha value is 0.0600. The van der Waals surface area contributed by atoms with Crippen molar-refractivity contribution in [1.29, 1.82) is 0 Å². The second kappa shape index (κ2) is 6.56. The van der Waals surface area contributed by atoms with Gasteiger partial charge in [-0.15, -0.1) is 0 Å². The molecule has 0 rings (SSSR count). The third-order valence-electron chi connectivity index (χ3n) is 1.18. The molecule has 0 saturated heterocycles. The summed E-state index contributed by atoms with van der Waals surface area (Å²) in [4.78, 5) is 23.3. The highest BCUT2D eigenvalue weighted by atomic mass is 79.9. The number of alkyl halides is 2. The first kappa shape index (κ1) is 12.1. The molecule has 0 spiro atoms. The molecule has 0 unspecified atom stereocenters. The fourth-order valence-electron chi connectivity index (χ4n) is 0.662. The van der Waals surface area contributed by atoms with Crippen LogP contribution in [0.25, 0.3) is 0 Å². The summed E-state index contributed by atoms with van der Waals surface area (Å²) in [5.74, 6) is -0.519. The molecule has 12 heavy (non-hydrogen) atoms. The summed E-state index contributed by atoms with van der Waals surface area (Å²) < 4.78 is 0. The van der Waals surface area contributed by atoms with Crippen LogP contribution in [0.4, 0.5) is 0 Å². The Morgan fingerprint density at radius 1 is 1.17 bits per heavy atom. The quantitative estimate of drug-likeness (QED) is 0.749. The maximum absolute atomic E-state index is 11.1. The van der Waals surface area contributed by atoms with Gasteiger partial charge in [-0.05, 0) is 0 Å². The average Bonchev–Trinajstić information content (AvgIpc) is 2.11. The summed E-state index contributed by atoms with van der Waals surface area (Å²) >= 11 is 5.97. The molecular formula is C6H10Br2N2O2. The van der Waals surface area contributed by atoms with Crippen LogP contribution in [-0.4, -0.2) is 40.5 Å². The maximum atomic E-state index is 11.1. The fraction of sp³-hybridized carbons (Fsp3) is 0.667. The molecule has 0 aromatic carbocycles. The minimum Gasteiger partial charge on any atom is -0.329 e. The van der Waals surface area contributed by atoms with Crippen molar-refractivity contribution in [1.82, 2.24) is 4.90 Å². The molecule has 0 radical (unpaired) electrons. The molecule has 4 nitrogen and oxygen atoms in total. The molecule has 0 atom stereocenters. The van der Waals surface area contributed by atoms with E-state index >= 15 is 0 Å². The smallest absolute Gasteiger partial charge is 0.239 e. The van der Waals surface area contributed by atoms with Crippen molar-refractivity contribution in [3.63, 3.8) is 0 Å². The van der Waals surface area contributed by atoms with Gasteiger partial charge in [-0.25, -0.2) is 0 Å². The zero-order chi connectivity index (χ0) is 9.56. The first-order valence-electron chi connectivity index (χ1n) is 3.32. The van der Waals surface area contributed by atoms with Gasteiger partial charge in [0.25, 0.3) is 0 Å². The van der Waals surface area contributed by atoms with E-state index in [0.29, 0.717) is 0 Å². The number of carbonyl (C=O) groups excluding carboxylic acids is 2. The normalized spacial score (nSPS) is 9.58. The Kier molecular flexibility index (Phi) is 6.60. The largest absolute Gasteiger partial charge is 0.329 e. The highest BCUT2D eigenvalue weighted by Crippen LogP contribution is 1.96. The van der Waals surface area contributed by atoms with Gasteiger partial charge in [-0.2, -0.15) is 0 Å². The molecule has 2 amide bonds. The number of rotatable bonds is 4. The molecule has 0 aliphatic rings. The lowest BCUT2D eigenvalue weighted by molar-refractivity contribution is -0.141. The fourth-order valence-corrected chi connectivity index (χ4v) is 1.27. The van der Waals surface area contributed by atoms with Crippen LogP contribution in [0.3, 0.4) is 0 Å². The third-order valence-corrected chi connectivity index (χ3v) is 2.14. The number of hydrogen-bond donors (Lipinski definition) is 1. The van der Waals surface area contributed by atoms with Crippen LogP contribution in [0.2, 0.25) is 0 Å². The number of amides is 2. The van der Waals surface area contributed by atoms with E-state index < -0.39 is 0 Å². The number of halogens is 2. The van der Waals surface area contributed by atoms with Crippen LogP contribution < -0.4 is 5.73 Å². The van der Waals surface area contributed by atoms with Crippen molar-refractivity contribution in [3.8, 4) is 0 Å². The van der Waals surface area contributed by atoms with Gasteiger partial charge in [0, 0.05) is 13.1 Å². The molecule has 0 aromatic heterocycles. The van der Waals surface area contributed by atoms with E-state index in [0.717, 1.165) is 4.90 Å². The van der Waals surface area contributed by atoms with Gasteiger partial charge in [0.2, 0.25) is 11.8 Å². The van der Waals surface area contributed by atoms with Crippen molar-refractivity contribution in [3.05, 3.63) is 0 Å². The summed E-state index contributed by atoms with van der Waals surface area (Å²) in [6.45, 7) is 0.562. The minimum absolute atomic E-state index is 0.145. The van der Waals surface area contributed by atoms with E-state index in [2.05, 4.69) is 31.9 Å². The summed E-state index contributed by atoms with van der Waals surface area (Å²) in [6.07, 6.45) is 0. The molecule has 0 bridgehead atoms. The highest BCUT2D eigenvalue weighted by molar-refractivity contribution is 9.09. The topological polar surface area (TPSA) is 63.4 Å². The van der Waals surface area contributed by atoms with Gasteiger partial charge in [0.1, 0.15) is 0 Å². The maximum Gasteiger partial charge on any atom is 0.239 e. The molecule has 0 saturated carbocycles. The second-order valence-corrected chi connectivity index (χ2v) is 3.12. The van der Waals surface area contributed by atoms with Crippen molar-refractivity contribution >= 4 is 43.7 Å². The average molecular weight is 302 g/mol. The molecule has 0 aliphatic heterocycles. The van der Waals surface area contributed by atoms with E-state index in [9.17, 15) is 9.59 Å². The van der Waals surface area contributed by atoms with Crippen LogP contribution in [0.15, 0.2) is 0 Å². The number of hydrogen-bond acceptors (Lipinski definition) is 3. The number of imide groups is 1. The van der Waals surface area contributed by atoms with E-state index in [-0.39, 0.29) is 35.6 Å². The zero-order valence-electron chi connectivity index (χ0n) is 6.43. The molecular weight excluding hydrogens is 292 g/mol. The van der Waals surface area contributed by atoms with E-state index in [1.807, 2.05) is 0 Å². The van der Waals surface area contributed by atoms with Gasteiger partial charge in [0.15, 0.2) is 0 Å². The summed E-state index contributed by atoms with van der Waals surface area (Å²) in [7, 11) is 0. The van der Waals surface area contributed by atoms with Crippen LogP contribution in [0.5, 0.6) is 0 Å². The standard InChI is InChI=1S/C6H10Br2N2O2/c7-3-5(11)10(2-1-9)6(12)4-8/h1-4,9H2. The number of carbonyl (C=O) groups is 2. The molecule has 70 valence electrons. The highest BCUT2D eigenvalue weighted by Gasteiger charge is 2.17. The summed E-state index contributed by atoms with van der Waals surface area (Å²) in [6, 6.07) is 0. The van der Waals surface area contributed by atoms with Crippen molar-refractivity contribution in [2.75, 3.05) is 23.7 Å². The molecule has 2 N–H and O–H groups in total. The monoisotopic (exact) mass is 300 g/mol. The predicted octanol–water partition coefficient (Wildman–Crippen LogP) is 0.0901. The lowest BCUT2D eigenvalue weighted by Crippen LogP contribution is -2.41. The van der Waals surface area contributed by atoms with Crippen molar-refractivity contribution in [2.24, 2.45) is 5.73 Å². The van der Waals surface area contributed by atoms with Crippen LogP contribution in [0, 0.1) is 0 Å². The Morgan fingerprint density at radius 3 is 1.83 bits per heavy atom. The van der Waals surface area contributed by atoms with Gasteiger partial charge < -0.3 is 5.73 Å². The Balaban J connectivity index is 4.21. The van der Waals surface area contributed by atoms with Gasteiger partial charge >= 0.3 is 0 Å². The Labute approximate surface area is 87.7 Å². The molecule has 0 aromatic rings. The van der Waals surface area contributed by atoms with Crippen LogP contribution in [-0.2, 0) is 9.59 Å². The zero-order valence-corrected chi connectivity index (χ0v) is 9.60. The van der Waals surface area contributed by atoms with E-state index in [1.165, 1.54) is 0 Å². The van der Waals surface area contributed by atoms with E-state index in [4.69, 9.17) is 5.73 Å². The summed E-state index contributed by atoms with van der Waals surface area (Å²) in [5, 5.41) is 0.289. The number of nitrogens with two attached hydrogens (primary N) is 1. The number of nitrogens with zero attached hydrogens (tertiary/aromatic N) is 1. The van der Waals surface area contributed by atoms with Crippen LogP contribution >= 0.6 is 31.9 Å². The molecule has 6 heteroatoms. The summed E-state index contributed by atoms with van der Waals surface area (Å²) in [5.41, 5.74) is 5.24. The predicted molar refractivity (Wildman–Crippen MR) is 53.4 cm³/mol. The lowest BCUT2D eigenvalue weighted by Gasteiger charge is -2.17. The molecule has 0 fully saturated rings. The SMILES string of the molecule is NCCN(C(=O)CBr)C(=O)CBr. The first-order valence-corrected chi connectivity index (χ1v) is 5.56. The Morgan fingerprint density at radius 2 is 1.58 bits per heavy atom. The third kappa shape index (κ3) is 3.64. The lowest BCUT2D eigenvalue weighted by atomic mass is 10.4.